The number of hydrogen-bond acceptors (Lipinski definition) is 1. The zero-order chi connectivity index (χ0) is 8.97. The highest BCUT2D eigenvalue weighted by molar-refractivity contribution is 9.10. The Balaban J connectivity index is 2.89. The van der Waals surface area contributed by atoms with Crippen molar-refractivity contribution in [3.05, 3.63) is 39.3 Å². The van der Waals surface area contributed by atoms with Gasteiger partial charge in [0.1, 0.15) is 0 Å². The van der Waals surface area contributed by atoms with Gasteiger partial charge in [0.2, 0.25) is 0 Å². The van der Waals surface area contributed by atoms with E-state index in [2.05, 4.69) is 15.9 Å². The van der Waals surface area contributed by atoms with Gasteiger partial charge < -0.3 is 5.11 Å². The maximum atomic E-state index is 8.53. The zero-order valence-electron chi connectivity index (χ0n) is 6.30. The van der Waals surface area contributed by atoms with E-state index in [1.54, 1.807) is 6.08 Å². The van der Waals surface area contributed by atoms with Crippen LogP contribution in [0.2, 0.25) is 5.02 Å². The van der Waals surface area contributed by atoms with Crippen LogP contribution in [0, 0.1) is 0 Å². The first-order valence-electron chi connectivity index (χ1n) is 3.46. The molecule has 1 rings (SSSR count). The predicted octanol–water partition coefficient (Wildman–Crippen LogP) is 3.11. The molecule has 0 saturated carbocycles. The minimum atomic E-state index is 0.0558. The van der Waals surface area contributed by atoms with Crippen LogP contribution in [0.3, 0.4) is 0 Å². The third kappa shape index (κ3) is 2.63. The van der Waals surface area contributed by atoms with Crippen molar-refractivity contribution < 1.29 is 5.11 Å². The average Bonchev–Trinajstić information content (AvgIpc) is 2.07. The van der Waals surface area contributed by atoms with Gasteiger partial charge in [-0.2, -0.15) is 0 Å². The van der Waals surface area contributed by atoms with E-state index in [-0.39, 0.29) is 6.61 Å². The lowest BCUT2D eigenvalue weighted by Crippen LogP contribution is -1.75. The first kappa shape index (κ1) is 9.78. The zero-order valence-corrected chi connectivity index (χ0v) is 8.64. The minimum Gasteiger partial charge on any atom is -0.392 e. The fourth-order valence-corrected chi connectivity index (χ4v) is 1.32. The number of benzene rings is 1. The van der Waals surface area contributed by atoms with Gasteiger partial charge in [0.15, 0.2) is 0 Å². The van der Waals surface area contributed by atoms with Gasteiger partial charge >= 0.3 is 0 Å². The second-order valence-corrected chi connectivity index (χ2v) is 3.52. The number of hydrogen-bond donors (Lipinski definition) is 1. The van der Waals surface area contributed by atoms with Gasteiger partial charge in [-0.1, -0.05) is 29.8 Å². The standard InChI is InChI=1S/C9H8BrClO/c10-8-6-7(2-1-5-12)3-4-9(8)11/h1-4,6,12H,5H2/b2-1+. The van der Waals surface area contributed by atoms with Gasteiger partial charge in [-0.25, -0.2) is 0 Å². The van der Waals surface area contributed by atoms with E-state index in [0.29, 0.717) is 5.02 Å². The molecule has 1 nitrogen and oxygen atoms in total. The number of rotatable bonds is 2. The summed E-state index contributed by atoms with van der Waals surface area (Å²) in [5, 5.41) is 9.22. The largest absolute Gasteiger partial charge is 0.392 e. The Labute approximate surface area is 84.8 Å². The van der Waals surface area contributed by atoms with Crippen LogP contribution in [-0.4, -0.2) is 11.7 Å². The minimum absolute atomic E-state index is 0.0558. The second kappa shape index (κ2) is 4.65. The molecule has 0 saturated heterocycles. The van der Waals surface area contributed by atoms with E-state index >= 15 is 0 Å². The summed E-state index contributed by atoms with van der Waals surface area (Å²) in [5.41, 5.74) is 1.01. The number of halogens is 2. The molecule has 1 aromatic carbocycles. The lowest BCUT2D eigenvalue weighted by atomic mass is 10.2. The summed E-state index contributed by atoms with van der Waals surface area (Å²) >= 11 is 9.10. The molecule has 0 bridgehead atoms. The van der Waals surface area contributed by atoms with Crippen molar-refractivity contribution in [2.75, 3.05) is 6.61 Å². The van der Waals surface area contributed by atoms with Crippen LogP contribution in [0.1, 0.15) is 5.56 Å². The maximum Gasteiger partial charge on any atom is 0.0615 e. The summed E-state index contributed by atoms with van der Waals surface area (Å²) in [4.78, 5) is 0. The molecule has 0 heterocycles. The molecule has 0 aromatic heterocycles. The molecule has 0 amide bonds. The van der Waals surface area contributed by atoms with Gasteiger partial charge in [-0.05, 0) is 33.6 Å². The Hall–Kier alpha value is -0.310. The van der Waals surface area contributed by atoms with Gasteiger partial charge in [0, 0.05) is 4.47 Å². The van der Waals surface area contributed by atoms with Crippen molar-refractivity contribution in [2.45, 2.75) is 0 Å². The summed E-state index contributed by atoms with van der Waals surface area (Å²) < 4.78 is 0.865. The van der Waals surface area contributed by atoms with Crippen LogP contribution in [0.5, 0.6) is 0 Å². The van der Waals surface area contributed by atoms with Crippen LogP contribution in [0.25, 0.3) is 6.08 Å². The normalized spacial score (nSPS) is 10.9. The van der Waals surface area contributed by atoms with Crippen molar-refractivity contribution in [2.24, 2.45) is 0 Å². The molecule has 3 heteroatoms. The van der Waals surface area contributed by atoms with Crippen LogP contribution in [-0.2, 0) is 0 Å². The number of aliphatic hydroxyl groups excluding tert-OH is 1. The predicted molar refractivity (Wildman–Crippen MR) is 55.3 cm³/mol. The average molecular weight is 248 g/mol. The number of aliphatic hydroxyl groups is 1. The second-order valence-electron chi connectivity index (χ2n) is 2.26. The molecule has 0 aliphatic carbocycles. The molecular formula is C9H8BrClO. The van der Waals surface area contributed by atoms with Gasteiger partial charge in [-0.3, -0.25) is 0 Å². The summed E-state index contributed by atoms with van der Waals surface area (Å²) in [6.45, 7) is 0.0558. The SMILES string of the molecule is OC/C=C/c1ccc(Cl)c(Br)c1. The summed E-state index contributed by atoms with van der Waals surface area (Å²) in [7, 11) is 0. The summed E-state index contributed by atoms with van der Waals surface area (Å²) in [5.74, 6) is 0. The third-order valence-corrected chi connectivity index (χ3v) is 2.57. The van der Waals surface area contributed by atoms with Crippen LogP contribution in [0.4, 0.5) is 0 Å². The van der Waals surface area contributed by atoms with E-state index in [1.165, 1.54) is 0 Å². The highest BCUT2D eigenvalue weighted by Crippen LogP contribution is 2.23. The lowest BCUT2D eigenvalue weighted by molar-refractivity contribution is 0.343. The van der Waals surface area contributed by atoms with E-state index in [0.717, 1.165) is 10.0 Å². The monoisotopic (exact) mass is 246 g/mol. The molecule has 0 spiro atoms. The van der Waals surface area contributed by atoms with Crippen molar-refractivity contribution in [3.63, 3.8) is 0 Å². The molecule has 0 atom stereocenters. The maximum absolute atomic E-state index is 8.53. The van der Waals surface area contributed by atoms with Crippen molar-refractivity contribution in [3.8, 4) is 0 Å². The van der Waals surface area contributed by atoms with Crippen molar-refractivity contribution in [1.29, 1.82) is 0 Å². The van der Waals surface area contributed by atoms with Gasteiger partial charge in [-0.15, -0.1) is 0 Å². The van der Waals surface area contributed by atoms with Gasteiger partial charge in [0.05, 0.1) is 11.6 Å². The molecule has 0 unspecified atom stereocenters. The molecule has 1 aromatic rings. The Morgan fingerprint density at radius 2 is 2.25 bits per heavy atom. The van der Waals surface area contributed by atoms with E-state index in [4.69, 9.17) is 16.7 Å². The highest BCUT2D eigenvalue weighted by atomic mass is 79.9. The molecule has 12 heavy (non-hydrogen) atoms. The smallest absolute Gasteiger partial charge is 0.0615 e. The Kier molecular flexibility index (Phi) is 3.79. The quantitative estimate of drug-likeness (QED) is 0.851. The van der Waals surface area contributed by atoms with Crippen molar-refractivity contribution in [1.82, 2.24) is 0 Å². The molecule has 0 aliphatic heterocycles. The van der Waals surface area contributed by atoms with E-state index in [9.17, 15) is 0 Å². The Morgan fingerprint density at radius 1 is 1.50 bits per heavy atom. The van der Waals surface area contributed by atoms with Crippen molar-refractivity contribution >= 4 is 33.6 Å². The fraction of sp³-hybridized carbons (Fsp3) is 0.111. The fourth-order valence-electron chi connectivity index (χ4n) is 0.805. The molecule has 0 aliphatic rings. The van der Waals surface area contributed by atoms with Crippen LogP contribution >= 0.6 is 27.5 Å². The lowest BCUT2D eigenvalue weighted by Gasteiger charge is -1.96. The summed E-state index contributed by atoms with van der Waals surface area (Å²) in [6.07, 6.45) is 3.51. The molecule has 0 fully saturated rings. The van der Waals surface area contributed by atoms with Crippen LogP contribution < -0.4 is 0 Å². The highest BCUT2D eigenvalue weighted by Gasteiger charge is 1.95. The summed E-state index contributed by atoms with van der Waals surface area (Å²) in [6, 6.07) is 5.59. The molecule has 64 valence electrons. The van der Waals surface area contributed by atoms with Gasteiger partial charge in [0.25, 0.3) is 0 Å². The van der Waals surface area contributed by atoms with E-state index in [1.807, 2.05) is 24.3 Å². The molecular weight excluding hydrogens is 239 g/mol. The molecule has 1 N–H and O–H groups in total. The van der Waals surface area contributed by atoms with E-state index < -0.39 is 0 Å². The Bertz CT molecular complexity index is 297. The topological polar surface area (TPSA) is 20.2 Å². The molecule has 0 radical (unpaired) electrons. The van der Waals surface area contributed by atoms with Crippen LogP contribution in [0.15, 0.2) is 28.7 Å². The Morgan fingerprint density at radius 3 is 2.83 bits per heavy atom. The first-order valence-corrected chi connectivity index (χ1v) is 4.63. The third-order valence-electron chi connectivity index (χ3n) is 1.36. The first-order chi connectivity index (χ1) is 5.74.